The van der Waals surface area contributed by atoms with Gasteiger partial charge in [-0.05, 0) is 13.0 Å². The lowest BCUT2D eigenvalue weighted by molar-refractivity contribution is -0.163. The van der Waals surface area contributed by atoms with E-state index in [1.165, 1.54) is 12.2 Å². The first-order valence-corrected chi connectivity index (χ1v) is 3.53. The van der Waals surface area contributed by atoms with Gasteiger partial charge in [-0.2, -0.15) is 13.2 Å². The van der Waals surface area contributed by atoms with Gasteiger partial charge in [-0.1, -0.05) is 24.8 Å². The second-order valence-corrected chi connectivity index (χ2v) is 2.55. The second-order valence-electron chi connectivity index (χ2n) is 2.55. The van der Waals surface area contributed by atoms with Gasteiger partial charge >= 0.3 is 6.18 Å². The molecule has 0 spiro atoms. The fourth-order valence-electron chi connectivity index (χ4n) is 0.458. The Bertz CT molecular complexity index is 226. The molecule has 0 aliphatic heterocycles. The van der Waals surface area contributed by atoms with Gasteiger partial charge in [0.15, 0.2) is 6.61 Å². The molecule has 0 aliphatic rings. The molecule has 0 atom stereocenters. The Morgan fingerprint density at radius 1 is 1.31 bits per heavy atom. The molecule has 0 aromatic rings. The van der Waals surface area contributed by atoms with Gasteiger partial charge in [0.05, 0.1) is 0 Å². The zero-order valence-electron chi connectivity index (χ0n) is 7.32. The molecule has 0 N–H and O–H groups in total. The summed E-state index contributed by atoms with van der Waals surface area (Å²) in [7, 11) is 0. The minimum Gasteiger partial charge on any atom is -0.485 e. The van der Waals surface area contributed by atoms with Gasteiger partial charge in [0, 0.05) is 0 Å². The monoisotopic (exact) mass is 192 g/mol. The molecule has 74 valence electrons. The van der Waals surface area contributed by atoms with Crippen molar-refractivity contribution < 1.29 is 17.9 Å². The maximum absolute atomic E-state index is 11.6. The maximum Gasteiger partial charge on any atom is 0.422 e. The van der Waals surface area contributed by atoms with Crippen LogP contribution in [0.4, 0.5) is 13.2 Å². The van der Waals surface area contributed by atoms with Crippen molar-refractivity contribution in [3.8, 4) is 0 Å². The second kappa shape index (κ2) is 4.74. The highest BCUT2D eigenvalue weighted by atomic mass is 19.4. The topological polar surface area (TPSA) is 9.23 Å². The molecule has 0 aromatic carbocycles. The summed E-state index contributed by atoms with van der Waals surface area (Å²) in [5.74, 6) is -0.0275. The maximum atomic E-state index is 11.6. The van der Waals surface area contributed by atoms with Crippen LogP contribution in [0.1, 0.15) is 6.92 Å². The minimum atomic E-state index is -4.32. The Kier molecular flexibility index (Phi) is 4.31. The molecule has 4 heteroatoms. The fourth-order valence-corrected chi connectivity index (χ4v) is 0.458. The van der Waals surface area contributed by atoms with Gasteiger partial charge in [-0.25, -0.2) is 0 Å². The van der Waals surface area contributed by atoms with Crippen LogP contribution in [0.15, 0.2) is 36.6 Å². The number of allylic oxidation sites excluding steroid dienone is 3. The molecule has 0 aliphatic carbocycles. The lowest BCUT2D eigenvalue weighted by Gasteiger charge is -2.08. The standard InChI is InChI=1S/C9H11F3O/c1-7(2)4-5-8(3)13-6-9(10,11)12/h4-5H,1,3,6H2,2H3/b5-4-. The van der Waals surface area contributed by atoms with E-state index in [2.05, 4.69) is 17.9 Å². The fraction of sp³-hybridized carbons (Fsp3) is 0.333. The number of ether oxygens (including phenoxy) is 1. The Balaban J connectivity index is 3.83. The summed E-state index contributed by atoms with van der Waals surface area (Å²) in [6.45, 7) is 7.21. The van der Waals surface area contributed by atoms with E-state index in [1.54, 1.807) is 6.92 Å². The van der Waals surface area contributed by atoms with E-state index < -0.39 is 12.8 Å². The normalized spacial score (nSPS) is 11.7. The van der Waals surface area contributed by atoms with Crippen LogP contribution in [0.2, 0.25) is 0 Å². The summed E-state index contributed by atoms with van der Waals surface area (Å²) in [4.78, 5) is 0. The quantitative estimate of drug-likeness (QED) is 0.491. The molecule has 0 fully saturated rings. The van der Waals surface area contributed by atoms with Gasteiger partial charge in [0.1, 0.15) is 5.76 Å². The minimum absolute atomic E-state index is 0.0275. The van der Waals surface area contributed by atoms with Crippen LogP contribution in [0.25, 0.3) is 0 Å². The van der Waals surface area contributed by atoms with Crippen LogP contribution in [-0.2, 0) is 4.74 Å². The Labute approximate surface area is 75.2 Å². The third-order valence-corrected chi connectivity index (χ3v) is 0.975. The lowest BCUT2D eigenvalue weighted by atomic mass is 10.3. The predicted octanol–water partition coefficient (Wildman–Crippen LogP) is 3.21. The molecule has 0 aromatic heterocycles. The first-order valence-electron chi connectivity index (χ1n) is 3.53. The number of rotatable bonds is 4. The van der Waals surface area contributed by atoms with Gasteiger partial charge in [0.2, 0.25) is 0 Å². The van der Waals surface area contributed by atoms with Crippen molar-refractivity contribution in [1.29, 1.82) is 0 Å². The molecule has 0 unspecified atom stereocenters. The predicted molar refractivity (Wildman–Crippen MR) is 45.1 cm³/mol. The Hall–Kier alpha value is -1.19. The van der Waals surface area contributed by atoms with Crippen molar-refractivity contribution in [3.05, 3.63) is 36.6 Å². The van der Waals surface area contributed by atoms with Crippen molar-refractivity contribution in [2.75, 3.05) is 6.61 Å². The summed E-state index contributed by atoms with van der Waals surface area (Å²) >= 11 is 0. The highest BCUT2D eigenvalue weighted by Crippen LogP contribution is 2.16. The summed E-state index contributed by atoms with van der Waals surface area (Å²) in [5, 5.41) is 0. The summed E-state index contributed by atoms with van der Waals surface area (Å²) < 4.78 is 39.1. The third-order valence-electron chi connectivity index (χ3n) is 0.975. The van der Waals surface area contributed by atoms with Crippen LogP contribution < -0.4 is 0 Å². The van der Waals surface area contributed by atoms with Crippen LogP contribution >= 0.6 is 0 Å². The van der Waals surface area contributed by atoms with Crippen LogP contribution in [0.5, 0.6) is 0 Å². The number of halogens is 3. The molecular weight excluding hydrogens is 181 g/mol. The number of alkyl halides is 3. The first-order chi connectivity index (χ1) is 5.81. The van der Waals surface area contributed by atoms with Crippen molar-refractivity contribution in [1.82, 2.24) is 0 Å². The molecule has 0 amide bonds. The van der Waals surface area contributed by atoms with E-state index >= 15 is 0 Å². The molecule has 13 heavy (non-hydrogen) atoms. The molecule has 0 radical (unpaired) electrons. The zero-order chi connectivity index (χ0) is 10.5. The first kappa shape index (κ1) is 11.8. The van der Waals surface area contributed by atoms with Gasteiger partial charge in [-0.15, -0.1) is 0 Å². The van der Waals surface area contributed by atoms with E-state index in [0.717, 1.165) is 5.57 Å². The van der Waals surface area contributed by atoms with Crippen LogP contribution in [0.3, 0.4) is 0 Å². The summed E-state index contributed by atoms with van der Waals surface area (Å²) in [6, 6.07) is 0. The smallest absolute Gasteiger partial charge is 0.422 e. The number of hydrogen-bond donors (Lipinski definition) is 0. The highest BCUT2D eigenvalue weighted by Gasteiger charge is 2.28. The molecular formula is C9H11F3O. The van der Waals surface area contributed by atoms with Crippen molar-refractivity contribution in [3.63, 3.8) is 0 Å². The SMILES string of the molecule is C=C(C)/C=C\C(=C)OCC(F)(F)F. The molecule has 0 heterocycles. The van der Waals surface area contributed by atoms with E-state index in [-0.39, 0.29) is 5.76 Å². The van der Waals surface area contributed by atoms with Gasteiger partial charge in [-0.3, -0.25) is 0 Å². The Morgan fingerprint density at radius 3 is 2.23 bits per heavy atom. The summed E-state index contributed by atoms with van der Waals surface area (Å²) in [5.41, 5.74) is 0.719. The average Bonchev–Trinajstić information content (AvgIpc) is 1.95. The number of hydrogen-bond acceptors (Lipinski definition) is 1. The van der Waals surface area contributed by atoms with E-state index in [9.17, 15) is 13.2 Å². The Morgan fingerprint density at radius 2 is 1.85 bits per heavy atom. The van der Waals surface area contributed by atoms with Crippen molar-refractivity contribution >= 4 is 0 Å². The average molecular weight is 192 g/mol. The largest absolute Gasteiger partial charge is 0.485 e. The van der Waals surface area contributed by atoms with E-state index in [4.69, 9.17) is 0 Å². The molecule has 0 saturated carbocycles. The van der Waals surface area contributed by atoms with E-state index in [1.807, 2.05) is 0 Å². The molecule has 0 saturated heterocycles. The highest BCUT2D eigenvalue weighted by molar-refractivity contribution is 5.19. The van der Waals surface area contributed by atoms with Gasteiger partial charge < -0.3 is 4.74 Å². The molecule has 0 bridgehead atoms. The van der Waals surface area contributed by atoms with Crippen LogP contribution in [-0.4, -0.2) is 12.8 Å². The summed E-state index contributed by atoms with van der Waals surface area (Å²) in [6.07, 6.45) is -1.45. The third kappa shape index (κ3) is 8.72. The lowest BCUT2D eigenvalue weighted by Crippen LogP contribution is -2.16. The van der Waals surface area contributed by atoms with E-state index in [0.29, 0.717) is 0 Å². The van der Waals surface area contributed by atoms with Gasteiger partial charge in [0.25, 0.3) is 0 Å². The van der Waals surface area contributed by atoms with Crippen LogP contribution in [0, 0.1) is 0 Å². The molecule has 0 rings (SSSR count). The zero-order valence-corrected chi connectivity index (χ0v) is 7.32. The van der Waals surface area contributed by atoms with Crippen molar-refractivity contribution in [2.24, 2.45) is 0 Å². The van der Waals surface area contributed by atoms with Crippen molar-refractivity contribution in [2.45, 2.75) is 13.1 Å². The molecule has 1 nitrogen and oxygen atoms in total.